The zero-order chi connectivity index (χ0) is 21.6. The van der Waals surface area contributed by atoms with E-state index in [1.54, 1.807) is 12.4 Å². The van der Waals surface area contributed by atoms with Crippen LogP contribution in [0.5, 0.6) is 0 Å². The summed E-state index contributed by atoms with van der Waals surface area (Å²) >= 11 is 1.01. The fourth-order valence-corrected chi connectivity index (χ4v) is 3.43. The quantitative estimate of drug-likeness (QED) is 0.258. The predicted molar refractivity (Wildman–Crippen MR) is 125 cm³/mol. The Morgan fingerprint density at radius 2 is 2.03 bits per heavy atom. The third-order valence-electron chi connectivity index (χ3n) is 4.12. The summed E-state index contributed by atoms with van der Waals surface area (Å²) in [6, 6.07) is 3.85. The Labute approximate surface area is 199 Å². The van der Waals surface area contributed by atoms with Crippen LogP contribution in [0.1, 0.15) is 29.0 Å². The van der Waals surface area contributed by atoms with Crippen molar-refractivity contribution >= 4 is 41.3 Å². The topological polar surface area (TPSA) is 80.0 Å². The largest absolute Gasteiger partial charge is 0.434 e. The summed E-state index contributed by atoms with van der Waals surface area (Å²) in [7, 11) is 0. The minimum Gasteiger partial charge on any atom is -0.357 e. The number of aromatic nitrogens is 4. The summed E-state index contributed by atoms with van der Waals surface area (Å²) < 4.78 is 39.8. The van der Waals surface area contributed by atoms with Crippen molar-refractivity contribution < 1.29 is 13.2 Å². The zero-order valence-electron chi connectivity index (χ0n) is 17.0. The highest BCUT2D eigenvalue weighted by molar-refractivity contribution is 14.0. The maximum absolute atomic E-state index is 12.6. The third kappa shape index (κ3) is 7.16. The molecule has 0 aromatic carbocycles. The molecule has 0 aliphatic heterocycles. The second kappa shape index (κ2) is 11.4. The monoisotopic (exact) mass is 565 g/mol. The number of rotatable bonds is 7. The van der Waals surface area contributed by atoms with Crippen molar-refractivity contribution in [1.82, 2.24) is 30.2 Å². The molecule has 0 atom stereocenters. The highest BCUT2D eigenvalue weighted by atomic mass is 127. The van der Waals surface area contributed by atoms with Gasteiger partial charge in [0, 0.05) is 43.5 Å². The molecule has 3 aromatic rings. The van der Waals surface area contributed by atoms with Gasteiger partial charge in [-0.25, -0.2) is 19.9 Å². The van der Waals surface area contributed by atoms with E-state index in [1.165, 1.54) is 0 Å². The van der Waals surface area contributed by atoms with Crippen LogP contribution in [0.15, 0.2) is 41.1 Å². The number of guanidine groups is 1. The molecule has 7 nitrogen and oxygen atoms in total. The lowest BCUT2D eigenvalue weighted by molar-refractivity contribution is -0.140. The highest BCUT2D eigenvalue weighted by Crippen LogP contribution is 2.30. The Balaban J connectivity index is 0.00000341. The Hall–Kier alpha value is -2.22. The minimum absolute atomic E-state index is 0. The van der Waals surface area contributed by atoms with Crippen LogP contribution < -0.4 is 10.6 Å². The van der Waals surface area contributed by atoms with E-state index in [-0.39, 0.29) is 24.0 Å². The average Bonchev–Trinajstić information content (AvgIpc) is 3.35. The molecule has 31 heavy (non-hydrogen) atoms. The number of aliphatic imine (C=N–C) groups is 1. The molecule has 0 aliphatic rings. The van der Waals surface area contributed by atoms with Crippen molar-refractivity contribution in [2.24, 2.45) is 4.99 Å². The van der Waals surface area contributed by atoms with Gasteiger partial charge in [-0.15, -0.1) is 35.3 Å². The van der Waals surface area contributed by atoms with Crippen molar-refractivity contribution in [3.8, 4) is 5.82 Å². The summed E-state index contributed by atoms with van der Waals surface area (Å²) in [5, 5.41) is 7.71. The molecular formula is C19H23F3IN7S. The molecule has 0 saturated heterocycles. The van der Waals surface area contributed by atoms with Gasteiger partial charge in [0.2, 0.25) is 0 Å². The van der Waals surface area contributed by atoms with Crippen LogP contribution in [0.3, 0.4) is 0 Å². The molecule has 168 valence electrons. The van der Waals surface area contributed by atoms with Crippen LogP contribution in [0.2, 0.25) is 0 Å². The molecule has 0 saturated carbocycles. The first kappa shape index (κ1) is 25.0. The maximum atomic E-state index is 12.6. The summed E-state index contributed by atoms with van der Waals surface area (Å²) in [6.07, 6.45) is 1.31. The van der Waals surface area contributed by atoms with Crippen molar-refractivity contribution in [3.05, 3.63) is 58.2 Å². The van der Waals surface area contributed by atoms with Gasteiger partial charge in [0.1, 0.15) is 11.6 Å². The molecule has 0 fully saturated rings. The second-order valence-corrected chi connectivity index (χ2v) is 7.31. The first-order chi connectivity index (χ1) is 14.4. The van der Waals surface area contributed by atoms with E-state index in [0.29, 0.717) is 37.0 Å². The molecule has 0 amide bonds. The fraction of sp³-hybridized carbons (Fsp3) is 0.368. The van der Waals surface area contributed by atoms with E-state index in [1.807, 2.05) is 36.7 Å². The van der Waals surface area contributed by atoms with E-state index in [4.69, 9.17) is 0 Å². The van der Waals surface area contributed by atoms with Crippen LogP contribution in [0, 0.1) is 6.92 Å². The highest BCUT2D eigenvalue weighted by Gasteiger charge is 2.33. The number of nitrogens with zero attached hydrogens (tertiary/aromatic N) is 5. The molecule has 3 heterocycles. The van der Waals surface area contributed by atoms with Gasteiger partial charge in [-0.05, 0) is 25.5 Å². The Kier molecular flexibility index (Phi) is 9.22. The van der Waals surface area contributed by atoms with E-state index in [2.05, 4.69) is 30.6 Å². The lowest BCUT2D eigenvalue weighted by Gasteiger charge is -2.11. The van der Waals surface area contributed by atoms with Crippen molar-refractivity contribution in [2.75, 3.05) is 13.1 Å². The van der Waals surface area contributed by atoms with Crippen LogP contribution in [-0.2, 0) is 19.1 Å². The number of imidazole rings is 1. The van der Waals surface area contributed by atoms with Gasteiger partial charge >= 0.3 is 6.18 Å². The molecule has 0 aliphatic carbocycles. The van der Waals surface area contributed by atoms with Crippen molar-refractivity contribution in [1.29, 1.82) is 0 Å². The number of pyridine rings is 1. The lowest BCUT2D eigenvalue weighted by Crippen LogP contribution is -2.38. The van der Waals surface area contributed by atoms with Crippen molar-refractivity contribution in [3.63, 3.8) is 0 Å². The second-order valence-electron chi connectivity index (χ2n) is 6.37. The Bertz CT molecular complexity index is 983. The van der Waals surface area contributed by atoms with E-state index >= 15 is 0 Å². The van der Waals surface area contributed by atoms with E-state index in [9.17, 15) is 13.2 Å². The van der Waals surface area contributed by atoms with E-state index < -0.39 is 11.9 Å². The van der Waals surface area contributed by atoms with Gasteiger partial charge in [-0.1, -0.05) is 6.07 Å². The van der Waals surface area contributed by atoms with Crippen LogP contribution >= 0.6 is 35.3 Å². The molecule has 2 N–H and O–H groups in total. The van der Waals surface area contributed by atoms with Crippen LogP contribution in [0.25, 0.3) is 5.82 Å². The van der Waals surface area contributed by atoms with Gasteiger partial charge in [0.15, 0.2) is 11.7 Å². The van der Waals surface area contributed by atoms with Gasteiger partial charge in [-0.2, -0.15) is 13.2 Å². The summed E-state index contributed by atoms with van der Waals surface area (Å²) in [6.45, 7) is 5.36. The first-order valence-electron chi connectivity index (χ1n) is 9.36. The lowest BCUT2D eigenvalue weighted by atomic mass is 10.3. The number of thiazole rings is 1. The number of nitrogens with one attached hydrogen (secondary N) is 2. The molecule has 0 unspecified atom stereocenters. The fourth-order valence-electron chi connectivity index (χ4n) is 2.63. The average molecular weight is 565 g/mol. The molecule has 0 radical (unpaired) electrons. The van der Waals surface area contributed by atoms with Gasteiger partial charge in [0.25, 0.3) is 0 Å². The summed E-state index contributed by atoms with van der Waals surface area (Å²) in [5.74, 6) is 2.22. The molecule has 3 aromatic heterocycles. The third-order valence-corrected chi connectivity index (χ3v) is 5.03. The molecule has 0 bridgehead atoms. The molecular weight excluding hydrogens is 542 g/mol. The molecule has 0 spiro atoms. The SMILES string of the molecule is CCNC(=NCc1ccc(-n2ccnc2C)nc1)NCCc1nc(C(F)(F)F)cs1.I. The normalized spacial score (nSPS) is 11.8. The van der Waals surface area contributed by atoms with Gasteiger partial charge in [-0.3, -0.25) is 4.57 Å². The minimum atomic E-state index is -4.40. The number of halogens is 4. The van der Waals surface area contributed by atoms with Crippen LogP contribution in [0.4, 0.5) is 13.2 Å². The Morgan fingerprint density at radius 3 is 2.61 bits per heavy atom. The number of hydrogen-bond donors (Lipinski definition) is 2. The Morgan fingerprint density at radius 1 is 1.23 bits per heavy atom. The number of hydrogen-bond acceptors (Lipinski definition) is 5. The van der Waals surface area contributed by atoms with Gasteiger partial charge in [0.05, 0.1) is 11.6 Å². The predicted octanol–water partition coefficient (Wildman–Crippen LogP) is 3.97. The number of alkyl halides is 3. The molecule has 3 rings (SSSR count). The van der Waals surface area contributed by atoms with Crippen LogP contribution in [-0.4, -0.2) is 38.6 Å². The van der Waals surface area contributed by atoms with Crippen molar-refractivity contribution in [2.45, 2.75) is 33.0 Å². The maximum Gasteiger partial charge on any atom is 0.434 e. The smallest absolute Gasteiger partial charge is 0.357 e. The summed E-state index contributed by atoms with van der Waals surface area (Å²) in [5.41, 5.74) is 0.0911. The molecule has 12 heteroatoms. The number of aryl methyl sites for hydroxylation is 1. The first-order valence-corrected chi connectivity index (χ1v) is 10.2. The summed E-state index contributed by atoms with van der Waals surface area (Å²) in [4.78, 5) is 16.8. The zero-order valence-corrected chi connectivity index (χ0v) is 20.1. The standard InChI is InChI=1S/C19H22F3N7S.HI/c1-3-23-18(25-7-6-17-28-15(12-30-17)19(20,21)22)27-11-14-4-5-16(26-10-14)29-9-8-24-13(29)2;/h4-5,8-10,12H,3,6-7,11H2,1-2H3,(H2,23,25,27);1H. The van der Waals surface area contributed by atoms with Gasteiger partial charge < -0.3 is 10.6 Å². The van der Waals surface area contributed by atoms with E-state index in [0.717, 1.165) is 33.9 Å².